The number of hydrogen-bond donors (Lipinski definition) is 1. The molecule has 2 heteroatoms. The molecule has 1 rings (SSSR count). The molecule has 0 spiro atoms. The smallest absolute Gasteiger partial charge is 0.0249 e. The molecule has 1 saturated carbocycles. The summed E-state index contributed by atoms with van der Waals surface area (Å²) in [5, 5.41) is 0. The molecule has 1 atom stereocenters. The molecular weight excluding hydrogens is 134 g/mol. The second-order valence-electron chi connectivity index (χ2n) is 2.50. The molecule has 0 aromatic carbocycles. The van der Waals surface area contributed by atoms with Crippen LogP contribution in [0.25, 0.3) is 0 Å². The van der Waals surface area contributed by atoms with Gasteiger partial charge in [0.2, 0.25) is 0 Å². The lowest BCUT2D eigenvalue weighted by atomic mass is 9.80. The van der Waals surface area contributed by atoms with Crippen LogP contribution in [0.3, 0.4) is 0 Å². The van der Waals surface area contributed by atoms with Crippen LogP contribution >= 0.6 is 12.4 Å². The second kappa shape index (κ2) is 3.91. The highest BCUT2D eigenvalue weighted by Gasteiger charge is 2.21. The zero-order valence-electron chi connectivity index (χ0n) is 5.55. The Morgan fingerprint density at radius 3 is 2.22 bits per heavy atom. The average Bonchev–Trinajstić information content (AvgIpc) is 1.62. The monoisotopic (exact) mass is 147 g/mol. The zero-order chi connectivity index (χ0) is 5.98. The molecular formula is C7H14ClN. The Morgan fingerprint density at radius 1 is 1.56 bits per heavy atom. The molecule has 0 heterocycles. The van der Waals surface area contributed by atoms with Gasteiger partial charge in [-0.15, -0.1) is 19.0 Å². The first-order valence-electron chi connectivity index (χ1n) is 3.22. The summed E-state index contributed by atoms with van der Waals surface area (Å²) in [6, 6.07) is 0.267. The fourth-order valence-electron chi connectivity index (χ4n) is 1.02. The minimum absolute atomic E-state index is 0. The molecule has 9 heavy (non-hydrogen) atoms. The number of halogens is 1. The van der Waals surface area contributed by atoms with E-state index in [0.717, 1.165) is 5.92 Å². The highest BCUT2D eigenvalue weighted by atomic mass is 35.5. The van der Waals surface area contributed by atoms with Crippen LogP contribution in [0.2, 0.25) is 0 Å². The van der Waals surface area contributed by atoms with E-state index < -0.39 is 0 Å². The maximum atomic E-state index is 5.66. The lowest BCUT2D eigenvalue weighted by molar-refractivity contribution is 0.289. The van der Waals surface area contributed by atoms with E-state index in [-0.39, 0.29) is 18.4 Å². The van der Waals surface area contributed by atoms with Gasteiger partial charge in [-0.05, 0) is 18.8 Å². The van der Waals surface area contributed by atoms with Gasteiger partial charge in [0, 0.05) is 6.04 Å². The summed E-state index contributed by atoms with van der Waals surface area (Å²) in [7, 11) is 0. The van der Waals surface area contributed by atoms with Gasteiger partial charge in [0.25, 0.3) is 0 Å². The Balaban J connectivity index is 0.000000640. The van der Waals surface area contributed by atoms with Crippen LogP contribution in [0.5, 0.6) is 0 Å². The standard InChI is InChI=1S/C7H13N.ClH/c1-2-7(8)6-4-3-5-6;/h2,6-7H,1,3-5,8H2;1H. The van der Waals surface area contributed by atoms with Crippen molar-refractivity contribution in [1.82, 2.24) is 0 Å². The lowest BCUT2D eigenvalue weighted by Gasteiger charge is -2.28. The van der Waals surface area contributed by atoms with Gasteiger partial charge in [0.1, 0.15) is 0 Å². The third-order valence-corrected chi connectivity index (χ3v) is 1.97. The number of rotatable bonds is 2. The zero-order valence-corrected chi connectivity index (χ0v) is 6.36. The first kappa shape index (κ1) is 8.99. The SMILES string of the molecule is C=CC(N)C1CCC1.Cl. The van der Waals surface area contributed by atoms with E-state index in [0.29, 0.717) is 0 Å². The van der Waals surface area contributed by atoms with Crippen molar-refractivity contribution in [2.75, 3.05) is 0 Å². The first-order valence-corrected chi connectivity index (χ1v) is 3.22. The van der Waals surface area contributed by atoms with Gasteiger partial charge in [-0.1, -0.05) is 12.5 Å². The van der Waals surface area contributed by atoms with Gasteiger partial charge in [-0.25, -0.2) is 0 Å². The first-order chi connectivity index (χ1) is 3.84. The minimum atomic E-state index is 0. The van der Waals surface area contributed by atoms with Crippen LogP contribution in [0.1, 0.15) is 19.3 Å². The average molecular weight is 148 g/mol. The van der Waals surface area contributed by atoms with Gasteiger partial charge in [0.05, 0.1) is 0 Å². The summed E-state index contributed by atoms with van der Waals surface area (Å²) in [5.41, 5.74) is 5.66. The van der Waals surface area contributed by atoms with E-state index in [1.54, 1.807) is 0 Å². The molecule has 1 fully saturated rings. The van der Waals surface area contributed by atoms with Crippen molar-refractivity contribution in [1.29, 1.82) is 0 Å². The van der Waals surface area contributed by atoms with Crippen molar-refractivity contribution in [3.8, 4) is 0 Å². The van der Waals surface area contributed by atoms with Crippen LogP contribution < -0.4 is 5.73 Å². The molecule has 2 N–H and O–H groups in total. The maximum absolute atomic E-state index is 5.66. The number of hydrogen-bond acceptors (Lipinski definition) is 1. The molecule has 0 saturated heterocycles. The molecule has 0 radical (unpaired) electrons. The van der Waals surface area contributed by atoms with Gasteiger partial charge in [-0.3, -0.25) is 0 Å². The largest absolute Gasteiger partial charge is 0.324 e. The van der Waals surface area contributed by atoms with Gasteiger partial charge >= 0.3 is 0 Å². The van der Waals surface area contributed by atoms with E-state index in [1.165, 1.54) is 19.3 Å². The predicted molar refractivity (Wildman–Crippen MR) is 42.8 cm³/mol. The predicted octanol–water partition coefficient (Wildman–Crippen LogP) is 1.72. The molecule has 0 aliphatic heterocycles. The lowest BCUT2D eigenvalue weighted by Crippen LogP contribution is -2.32. The van der Waals surface area contributed by atoms with Crippen molar-refractivity contribution in [2.45, 2.75) is 25.3 Å². The highest BCUT2D eigenvalue weighted by Crippen LogP contribution is 2.28. The van der Waals surface area contributed by atoms with E-state index in [4.69, 9.17) is 5.73 Å². The van der Waals surface area contributed by atoms with E-state index in [2.05, 4.69) is 6.58 Å². The normalized spacial score (nSPS) is 21.4. The fraction of sp³-hybridized carbons (Fsp3) is 0.714. The van der Waals surface area contributed by atoms with Crippen molar-refractivity contribution >= 4 is 12.4 Å². The van der Waals surface area contributed by atoms with Crippen molar-refractivity contribution in [3.63, 3.8) is 0 Å². The molecule has 0 aromatic rings. The van der Waals surface area contributed by atoms with E-state index in [1.807, 2.05) is 6.08 Å². The molecule has 1 aliphatic carbocycles. The molecule has 54 valence electrons. The van der Waals surface area contributed by atoms with Gasteiger partial charge in [0.15, 0.2) is 0 Å². The molecule has 0 aromatic heterocycles. The Bertz CT molecular complexity index is 88.9. The van der Waals surface area contributed by atoms with E-state index in [9.17, 15) is 0 Å². The summed E-state index contributed by atoms with van der Waals surface area (Å²) in [4.78, 5) is 0. The quantitative estimate of drug-likeness (QED) is 0.592. The maximum Gasteiger partial charge on any atom is 0.0249 e. The van der Waals surface area contributed by atoms with Crippen molar-refractivity contribution in [3.05, 3.63) is 12.7 Å². The van der Waals surface area contributed by atoms with E-state index >= 15 is 0 Å². The Morgan fingerprint density at radius 2 is 2.11 bits per heavy atom. The van der Waals surface area contributed by atoms with Crippen LogP contribution in [0.15, 0.2) is 12.7 Å². The van der Waals surface area contributed by atoms with Crippen LogP contribution in [-0.4, -0.2) is 6.04 Å². The summed E-state index contributed by atoms with van der Waals surface area (Å²) < 4.78 is 0. The van der Waals surface area contributed by atoms with Crippen LogP contribution in [0.4, 0.5) is 0 Å². The Labute approximate surface area is 62.7 Å². The minimum Gasteiger partial charge on any atom is -0.324 e. The van der Waals surface area contributed by atoms with Crippen LogP contribution in [-0.2, 0) is 0 Å². The Kier molecular flexibility index (Phi) is 3.91. The topological polar surface area (TPSA) is 26.0 Å². The summed E-state index contributed by atoms with van der Waals surface area (Å²) in [6.45, 7) is 3.64. The van der Waals surface area contributed by atoms with Crippen molar-refractivity contribution < 1.29 is 0 Å². The second-order valence-corrected chi connectivity index (χ2v) is 2.50. The molecule has 0 bridgehead atoms. The fourth-order valence-corrected chi connectivity index (χ4v) is 1.02. The summed E-state index contributed by atoms with van der Waals surface area (Å²) in [5.74, 6) is 0.757. The van der Waals surface area contributed by atoms with Crippen molar-refractivity contribution in [2.24, 2.45) is 11.7 Å². The highest BCUT2D eigenvalue weighted by molar-refractivity contribution is 5.85. The summed E-state index contributed by atoms with van der Waals surface area (Å²) in [6.07, 6.45) is 5.84. The van der Waals surface area contributed by atoms with Crippen LogP contribution in [0, 0.1) is 5.92 Å². The molecule has 1 aliphatic rings. The third kappa shape index (κ3) is 1.99. The molecule has 1 nitrogen and oxygen atoms in total. The molecule has 0 amide bonds. The molecule has 1 unspecified atom stereocenters. The summed E-state index contributed by atoms with van der Waals surface area (Å²) >= 11 is 0. The number of nitrogens with two attached hydrogens (primary N) is 1. The third-order valence-electron chi connectivity index (χ3n) is 1.97. The van der Waals surface area contributed by atoms with Gasteiger partial charge < -0.3 is 5.73 Å². The van der Waals surface area contributed by atoms with Gasteiger partial charge in [-0.2, -0.15) is 0 Å². The Hall–Kier alpha value is -0.0100.